The first-order chi connectivity index (χ1) is 13.5. The molecule has 0 bridgehead atoms. The second kappa shape index (κ2) is 7.80. The molecule has 0 atom stereocenters. The summed E-state index contributed by atoms with van der Waals surface area (Å²) in [6.07, 6.45) is 1.99. The Kier molecular flexibility index (Phi) is 5.22. The van der Waals surface area contributed by atoms with Crippen LogP contribution in [0.4, 0.5) is 5.82 Å². The molecule has 1 amide bonds. The van der Waals surface area contributed by atoms with Gasteiger partial charge in [-0.1, -0.05) is 40.9 Å². The Balaban J connectivity index is 1.58. The van der Waals surface area contributed by atoms with Crippen molar-refractivity contribution < 1.29 is 4.79 Å². The summed E-state index contributed by atoms with van der Waals surface area (Å²) in [7, 11) is 0. The zero-order valence-electron chi connectivity index (χ0n) is 14.3. The molecule has 2 aromatic carbocycles. The third kappa shape index (κ3) is 3.97. The van der Waals surface area contributed by atoms with Gasteiger partial charge in [0.2, 0.25) is 0 Å². The fourth-order valence-electron chi connectivity index (χ4n) is 2.82. The number of H-pyrrole nitrogens is 1. The normalized spacial score (nSPS) is 11.0. The van der Waals surface area contributed by atoms with Crippen molar-refractivity contribution in [2.75, 3.05) is 5.32 Å². The van der Waals surface area contributed by atoms with Crippen molar-refractivity contribution in [2.45, 2.75) is 6.42 Å². The van der Waals surface area contributed by atoms with Gasteiger partial charge in [-0.3, -0.25) is 4.79 Å². The van der Waals surface area contributed by atoms with Crippen LogP contribution in [0.15, 0.2) is 54.7 Å². The van der Waals surface area contributed by atoms with E-state index in [2.05, 4.69) is 20.3 Å². The molecule has 28 heavy (non-hydrogen) atoms. The first-order valence-corrected chi connectivity index (χ1v) is 9.47. The van der Waals surface area contributed by atoms with Gasteiger partial charge in [-0.05, 0) is 48.0 Å². The Morgan fingerprint density at radius 3 is 2.57 bits per heavy atom. The van der Waals surface area contributed by atoms with Crippen LogP contribution in [0, 0.1) is 0 Å². The molecule has 2 N–H and O–H groups in total. The van der Waals surface area contributed by atoms with Crippen molar-refractivity contribution in [3.63, 3.8) is 0 Å². The third-order valence-corrected chi connectivity index (χ3v) is 5.11. The molecule has 2 aromatic heterocycles. The number of aromatic amines is 1. The average molecular weight is 432 g/mol. The predicted molar refractivity (Wildman–Crippen MR) is 113 cm³/mol. The van der Waals surface area contributed by atoms with Crippen LogP contribution < -0.4 is 5.32 Å². The van der Waals surface area contributed by atoms with Gasteiger partial charge in [0, 0.05) is 33.2 Å². The summed E-state index contributed by atoms with van der Waals surface area (Å²) < 4.78 is 0. The molecule has 0 aliphatic rings. The molecule has 140 valence electrons. The van der Waals surface area contributed by atoms with Crippen molar-refractivity contribution in [1.29, 1.82) is 0 Å². The molecule has 4 rings (SSSR count). The summed E-state index contributed by atoms with van der Waals surface area (Å²) in [5.41, 5.74) is 2.76. The molecular weight excluding hydrogens is 419 g/mol. The van der Waals surface area contributed by atoms with Crippen molar-refractivity contribution >= 4 is 57.6 Å². The van der Waals surface area contributed by atoms with Crippen molar-refractivity contribution in [1.82, 2.24) is 15.0 Å². The quantitative estimate of drug-likeness (QED) is 0.431. The number of pyridine rings is 1. The number of nitrogens with zero attached hydrogens (tertiary/aromatic N) is 2. The predicted octanol–water partition coefficient (Wildman–Crippen LogP) is 5.76. The SMILES string of the molecule is O=C(Nc1cc(Cl)ccn1)c1ccc2nc(Cc3c(Cl)cccc3Cl)[nH]c2c1. The highest BCUT2D eigenvalue weighted by molar-refractivity contribution is 6.36. The lowest BCUT2D eigenvalue weighted by atomic mass is 10.1. The van der Waals surface area contributed by atoms with E-state index in [0.29, 0.717) is 38.7 Å². The van der Waals surface area contributed by atoms with Gasteiger partial charge in [-0.25, -0.2) is 9.97 Å². The Bertz CT molecular complexity index is 1170. The average Bonchev–Trinajstić information content (AvgIpc) is 3.06. The number of amides is 1. The standard InChI is InChI=1S/C20H13Cl3N4O/c21-12-6-7-24-18(9-12)27-20(28)11-4-5-16-17(8-11)26-19(25-16)10-13-14(22)2-1-3-15(13)23/h1-9H,10H2,(H,25,26)(H,24,27,28). The minimum atomic E-state index is -0.290. The number of benzene rings is 2. The number of rotatable bonds is 4. The second-order valence-electron chi connectivity index (χ2n) is 6.11. The molecule has 0 aliphatic carbocycles. The molecule has 0 aliphatic heterocycles. The van der Waals surface area contributed by atoms with E-state index in [-0.39, 0.29) is 5.91 Å². The highest BCUT2D eigenvalue weighted by atomic mass is 35.5. The summed E-state index contributed by atoms with van der Waals surface area (Å²) in [4.78, 5) is 24.3. The topological polar surface area (TPSA) is 70.7 Å². The maximum absolute atomic E-state index is 12.5. The number of hydrogen-bond acceptors (Lipinski definition) is 3. The van der Waals surface area contributed by atoms with Gasteiger partial charge >= 0.3 is 0 Å². The summed E-state index contributed by atoms with van der Waals surface area (Å²) in [5, 5.41) is 4.39. The minimum absolute atomic E-state index is 0.290. The number of fused-ring (bicyclic) bond motifs is 1. The zero-order valence-corrected chi connectivity index (χ0v) is 16.6. The Morgan fingerprint density at radius 1 is 1.04 bits per heavy atom. The van der Waals surface area contributed by atoms with Crippen LogP contribution in [-0.2, 0) is 6.42 Å². The van der Waals surface area contributed by atoms with E-state index in [1.165, 1.54) is 6.20 Å². The van der Waals surface area contributed by atoms with Gasteiger partial charge in [0.25, 0.3) is 5.91 Å². The molecule has 0 saturated heterocycles. The molecule has 5 nitrogen and oxygen atoms in total. The van der Waals surface area contributed by atoms with Crippen LogP contribution in [0.5, 0.6) is 0 Å². The van der Waals surface area contributed by atoms with Crippen molar-refractivity contribution in [3.8, 4) is 0 Å². The van der Waals surface area contributed by atoms with Crippen LogP contribution in [0.1, 0.15) is 21.7 Å². The fourth-order valence-corrected chi connectivity index (χ4v) is 3.51. The van der Waals surface area contributed by atoms with Crippen LogP contribution in [0.3, 0.4) is 0 Å². The van der Waals surface area contributed by atoms with Crippen LogP contribution >= 0.6 is 34.8 Å². The number of carbonyl (C=O) groups excluding carboxylic acids is 1. The van der Waals surface area contributed by atoms with Crippen LogP contribution in [0.25, 0.3) is 11.0 Å². The third-order valence-electron chi connectivity index (χ3n) is 4.16. The fraction of sp³-hybridized carbons (Fsp3) is 0.0500. The summed E-state index contributed by atoms with van der Waals surface area (Å²) in [5.74, 6) is 0.803. The first-order valence-electron chi connectivity index (χ1n) is 8.34. The molecule has 0 spiro atoms. The molecule has 0 unspecified atom stereocenters. The summed E-state index contributed by atoms with van der Waals surface area (Å²) in [6, 6.07) is 13.8. The monoisotopic (exact) mass is 430 g/mol. The van der Waals surface area contributed by atoms with E-state index in [1.54, 1.807) is 48.5 Å². The van der Waals surface area contributed by atoms with Crippen molar-refractivity contribution in [3.05, 3.63) is 86.7 Å². The Labute approximate surface area is 175 Å². The number of imidazole rings is 1. The van der Waals surface area contributed by atoms with Gasteiger partial charge in [0.05, 0.1) is 11.0 Å². The van der Waals surface area contributed by atoms with Crippen LogP contribution in [0.2, 0.25) is 15.1 Å². The zero-order chi connectivity index (χ0) is 19.7. The van der Waals surface area contributed by atoms with Crippen LogP contribution in [-0.4, -0.2) is 20.9 Å². The van der Waals surface area contributed by atoms with E-state index >= 15 is 0 Å². The van der Waals surface area contributed by atoms with E-state index in [4.69, 9.17) is 34.8 Å². The summed E-state index contributed by atoms with van der Waals surface area (Å²) in [6.45, 7) is 0. The van der Waals surface area contributed by atoms with E-state index in [1.807, 2.05) is 0 Å². The number of nitrogens with one attached hydrogen (secondary N) is 2. The van der Waals surface area contributed by atoms with Gasteiger partial charge in [0.1, 0.15) is 11.6 Å². The highest BCUT2D eigenvalue weighted by Crippen LogP contribution is 2.27. The molecular formula is C20H13Cl3N4O. The van der Waals surface area contributed by atoms with E-state index in [0.717, 1.165) is 16.6 Å². The number of aromatic nitrogens is 3. The molecule has 0 fully saturated rings. The number of carbonyl (C=O) groups is 1. The number of anilines is 1. The second-order valence-corrected chi connectivity index (χ2v) is 7.36. The highest BCUT2D eigenvalue weighted by Gasteiger charge is 2.12. The lowest BCUT2D eigenvalue weighted by Gasteiger charge is -2.04. The molecule has 0 saturated carbocycles. The maximum atomic E-state index is 12.5. The number of hydrogen-bond donors (Lipinski definition) is 2. The Hall–Kier alpha value is -2.60. The smallest absolute Gasteiger partial charge is 0.256 e. The van der Waals surface area contributed by atoms with Gasteiger partial charge in [-0.15, -0.1) is 0 Å². The number of halogens is 3. The molecule has 8 heteroatoms. The van der Waals surface area contributed by atoms with E-state index in [9.17, 15) is 4.79 Å². The maximum Gasteiger partial charge on any atom is 0.256 e. The lowest BCUT2D eigenvalue weighted by molar-refractivity contribution is 0.102. The van der Waals surface area contributed by atoms with Gasteiger partial charge in [0.15, 0.2) is 0 Å². The minimum Gasteiger partial charge on any atom is -0.342 e. The largest absolute Gasteiger partial charge is 0.342 e. The van der Waals surface area contributed by atoms with E-state index < -0.39 is 0 Å². The first kappa shape index (κ1) is 18.7. The van der Waals surface area contributed by atoms with Crippen molar-refractivity contribution in [2.24, 2.45) is 0 Å². The van der Waals surface area contributed by atoms with Gasteiger partial charge < -0.3 is 10.3 Å². The molecule has 4 aromatic rings. The molecule has 2 heterocycles. The summed E-state index contributed by atoms with van der Waals surface area (Å²) >= 11 is 18.4. The molecule has 0 radical (unpaired) electrons. The van der Waals surface area contributed by atoms with Gasteiger partial charge in [-0.2, -0.15) is 0 Å². The lowest BCUT2D eigenvalue weighted by Crippen LogP contribution is -2.12. The Morgan fingerprint density at radius 2 is 1.82 bits per heavy atom.